The molecule has 1 amide bonds. The van der Waals surface area contributed by atoms with E-state index in [9.17, 15) is 9.18 Å². The molecule has 1 aromatic rings. The molecule has 0 radical (unpaired) electrons. The average Bonchev–Trinajstić information content (AvgIpc) is 2.36. The highest BCUT2D eigenvalue weighted by molar-refractivity contribution is 9.10. The van der Waals surface area contributed by atoms with Gasteiger partial charge in [0, 0.05) is 6.04 Å². The second-order valence-corrected chi connectivity index (χ2v) is 7.95. The number of hydrogen-bond acceptors (Lipinski definition) is 2. The van der Waals surface area contributed by atoms with Crippen molar-refractivity contribution < 1.29 is 13.9 Å². The molecular weight excluding hydrogens is 349 g/mol. The van der Waals surface area contributed by atoms with E-state index in [1.807, 2.05) is 20.8 Å². The molecule has 0 aliphatic carbocycles. The van der Waals surface area contributed by atoms with Gasteiger partial charge < -0.3 is 4.74 Å². The van der Waals surface area contributed by atoms with Gasteiger partial charge in [-0.25, -0.2) is 9.18 Å². The number of carbonyl (C=O) groups is 1. The molecule has 1 atom stereocenters. The Labute approximate surface area is 140 Å². The maximum absolute atomic E-state index is 14.0. The quantitative estimate of drug-likeness (QED) is 0.670. The monoisotopic (exact) mass is 371 g/mol. The zero-order valence-electron chi connectivity index (χ0n) is 13.7. The lowest BCUT2D eigenvalue weighted by Crippen LogP contribution is -2.48. The van der Waals surface area contributed by atoms with Crippen LogP contribution in [0.3, 0.4) is 0 Å². The minimum Gasteiger partial charge on any atom is -0.443 e. The molecule has 122 valence electrons. The van der Waals surface area contributed by atoms with Crippen molar-refractivity contribution in [2.75, 3.05) is 4.90 Å². The molecule has 1 unspecified atom stereocenters. The number of rotatable bonds is 1. The zero-order chi connectivity index (χ0) is 16.7. The van der Waals surface area contributed by atoms with E-state index in [2.05, 4.69) is 29.8 Å². The average molecular weight is 372 g/mol. The fourth-order valence-corrected chi connectivity index (χ4v) is 3.18. The number of halogens is 2. The van der Waals surface area contributed by atoms with Crippen LogP contribution in [0.4, 0.5) is 14.9 Å². The van der Waals surface area contributed by atoms with Gasteiger partial charge in [-0.15, -0.1) is 0 Å². The lowest BCUT2D eigenvalue weighted by molar-refractivity contribution is 0.0550. The van der Waals surface area contributed by atoms with Gasteiger partial charge in [0.1, 0.15) is 11.4 Å². The molecule has 0 bridgehead atoms. The molecule has 1 aliphatic heterocycles. The van der Waals surface area contributed by atoms with Crippen molar-refractivity contribution in [1.29, 1.82) is 0 Å². The smallest absolute Gasteiger partial charge is 0.415 e. The van der Waals surface area contributed by atoms with Crippen LogP contribution in [-0.4, -0.2) is 17.7 Å². The molecule has 0 fully saturated rings. The van der Waals surface area contributed by atoms with E-state index in [4.69, 9.17) is 4.74 Å². The van der Waals surface area contributed by atoms with E-state index in [0.29, 0.717) is 10.2 Å². The van der Waals surface area contributed by atoms with Gasteiger partial charge in [0.2, 0.25) is 0 Å². The Morgan fingerprint density at radius 3 is 2.59 bits per heavy atom. The van der Waals surface area contributed by atoms with Gasteiger partial charge in [-0.05, 0) is 73.2 Å². The molecule has 3 nitrogen and oxygen atoms in total. The Kier molecular flexibility index (Phi) is 4.85. The van der Waals surface area contributed by atoms with E-state index in [1.54, 1.807) is 11.0 Å². The van der Waals surface area contributed by atoms with Gasteiger partial charge in [-0.1, -0.05) is 13.8 Å². The highest BCUT2D eigenvalue weighted by Crippen LogP contribution is 2.37. The fourth-order valence-electron chi connectivity index (χ4n) is 2.79. The highest BCUT2D eigenvalue weighted by Gasteiger charge is 2.36. The predicted octanol–water partition coefficient (Wildman–Crippen LogP) is 5.30. The topological polar surface area (TPSA) is 29.5 Å². The third-order valence-electron chi connectivity index (χ3n) is 3.78. The standard InChI is InChI=1S/C17H23BrFNO2/c1-10(2)14-7-6-11-8-12(18)13(19)9-15(11)20(14)16(21)22-17(3,4)5/h8-10,14H,6-7H2,1-5H3. The first-order valence-electron chi connectivity index (χ1n) is 7.60. The first-order valence-corrected chi connectivity index (χ1v) is 8.39. The summed E-state index contributed by atoms with van der Waals surface area (Å²) in [6.45, 7) is 9.65. The number of ether oxygens (including phenoxy) is 1. The number of carbonyl (C=O) groups excluding carboxylic acids is 1. The summed E-state index contributed by atoms with van der Waals surface area (Å²) in [7, 11) is 0. The first kappa shape index (κ1) is 17.3. The molecule has 0 saturated carbocycles. The van der Waals surface area contributed by atoms with Crippen molar-refractivity contribution >= 4 is 27.7 Å². The number of hydrogen-bond donors (Lipinski definition) is 0. The highest BCUT2D eigenvalue weighted by atomic mass is 79.9. The molecule has 22 heavy (non-hydrogen) atoms. The molecule has 1 aliphatic rings. The van der Waals surface area contributed by atoms with Crippen LogP contribution in [0.5, 0.6) is 0 Å². The van der Waals surface area contributed by atoms with Crippen molar-refractivity contribution in [2.45, 2.75) is 59.1 Å². The third kappa shape index (κ3) is 3.62. The van der Waals surface area contributed by atoms with Crippen molar-refractivity contribution in [3.05, 3.63) is 28.0 Å². The van der Waals surface area contributed by atoms with Crippen LogP contribution in [0.2, 0.25) is 0 Å². The minimum atomic E-state index is -0.579. The molecule has 0 saturated heterocycles. The number of fused-ring (bicyclic) bond motifs is 1. The van der Waals surface area contributed by atoms with E-state index in [-0.39, 0.29) is 17.8 Å². The van der Waals surface area contributed by atoms with Crippen LogP contribution in [0.1, 0.15) is 46.6 Å². The van der Waals surface area contributed by atoms with Crippen molar-refractivity contribution in [1.82, 2.24) is 0 Å². The van der Waals surface area contributed by atoms with Crippen LogP contribution >= 0.6 is 15.9 Å². The molecule has 5 heteroatoms. The number of nitrogens with zero attached hydrogens (tertiary/aromatic N) is 1. The summed E-state index contributed by atoms with van der Waals surface area (Å²) in [6.07, 6.45) is 1.27. The van der Waals surface area contributed by atoms with Crippen LogP contribution in [0, 0.1) is 11.7 Å². The van der Waals surface area contributed by atoms with Gasteiger partial charge in [0.15, 0.2) is 0 Å². The summed E-state index contributed by atoms with van der Waals surface area (Å²) in [6, 6.07) is 3.21. The Morgan fingerprint density at radius 2 is 2.05 bits per heavy atom. The summed E-state index contributed by atoms with van der Waals surface area (Å²) < 4.78 is 20.0. The summed E-state index contributed by atoms with van der Waals surface area (Å²) in [5, 5.41) is 0. The summed E-state index contributed by atoms with van der Waals surface area (Å²) in [5.41, 5.74) is 1.01. The SMILES string of the molecule is CC(C)C1CCc2cc(Br)c(F)cc2N1C(=O)OC(C)(C)C. The number of aryl methyl sites for hydroxylation is 1. The molecule has 1 aromatic carbocycles. The lowest BCUT2D eigenvalue weighted by Gasteiger charge is -2.40. The van der Waals surface area contributed by atoms with E-state index in [1.165, 1.54) is 6.07 Å². The molecule has 0 spiro atoms. The summed E-state index contributed by atoms with van der Waals surface area (Å²) >= 11 is 3.21. The zero-order valence-corrected chi connectivity index (χ0v) is 15.3. The second-order valence-electron chi connectivity index (χ2n) is 7.10. The van der Waals surface area contributed by atoms with Crippen molar-refractivity contribution in [3.63, 3.8) is 0 Å². The van der Waals surface area contributed by atoms with Crippen molar-refractivity contribution in [2.24, 2.45) is 5.92 Å². The Bertz CT molecular complexity index is 581. The minimum absolute atomic E-state index is 0.0166. The Morgan fingerprint density at radius 1 is 1.41 bits per heavy atom. The lowest BCUT2D eigenvalue weighted by atomic mass is 9.89. The van der Waals surface area contributed by atoms with Crippen LogP contribution in [0.15, 0.2) is 16.6 Å². The molecule has 1 heterocycles. The van der Waals surface area contributed by atoms with Crippen LogP contribution in [0.25, 0.3) is 0 Å². The molecule has 0 aromatic heterocycles. The Hall–Kier alpha value is -1.10. The maximum Gasteiger partial charge on any atom is 0.415 e. The third-order valence-corrected chi connectivity index (χ3v) is 4.39. The fraction of sp³-hybridized carbons (Fsp3) is 0.588. The number of benzene rings is 1. The van der Waals surface area contributed by atoms with E-state index < -0.39 is 11.7 Å². The molecule has 0 N–H and O–H groups in total. The maximum atomic E-state index is 14.0. The summed E-state index contributed by atoms with van der Waals surface area (Å²) in [5.74, 6) is -0.0934. The normalized spacial score (nSPS) is 18.4. The van der Waals surface area contributed by atoms with Gasteiger partial charge in [-0.3, -0.25) is 4.90 Å². The predicted molar refractivity (Wildman–Crippen MR) is 89.8 cm³/mol. The van der Waals surface area contributed by atoms with E-state index >= 15 is 0 Å². The van der Waals surface area contributed by atoms with Gasteiger partial charge in [-0.2, -0.15) is 0 Å². The van der Waals surface area contributed by atoms with Crippen molar-refractivity contribution in [3.8, 4) is 0 Å². The van der Waals surface area contributed by atoms with Crippen LogP contribution in [-0.2, 0) is 11.2 Å². The van der Waals surface area contributed by atoms with Gasteiger partial charge in [0.25, 0.3) is 0 Å². The van der Waals surface area contributed by atoms with Gasteiger partial charge in [0.05, 0.1) is 10.2 Å². The second kappa shape index (κ2) is 6.19. The molecular formula is C17H23BrFNO2. The molecule has 2 rings (SSSR count). The van der Waals surface area contributed by atoms with Gasteiger partial charge >= 0.3 is 6.09 Å². The van der Waals surface area contributed by atoms with Crippen LogP contribution < -0.4 is 4.90 Å². The summed E-state index contributed by atoms with van der Waals surface area (Å²) in [4.78, 5) is 14.3. The number of anilines is 1. The largest absolute Gasteiger partial charge is 0.443 e. The Balaban J connectivity index is 2.46. The van der Waals surface area contributed by atoms with E-state index in [0.717, 1.165) is 18.4 Å². The first-order chi connectivity index (χ1) is 10.1. The number of amides is 1.